The van der Waals surface area contributed by atoms with Gasteiger partial charge in [-0.3, -0.25) is 0 Å². The number of hydrogen-bond acceptors (Lipinski definition) is 1. The van der Waals surface area contributed by atoms with E-state index in [4.69, 9.17) is 0 Å². The number of aryl methyl sites for hydroxylation is 1. The maximum Gasteiger partial charge on any atom is 0.0409 e. The first-order valence-electron chi connectivity index (χ1n) is 5.59. The summed E-state index contributed by atoms with van der Waals surface area (Å²) in [6.45, 7) is 7.95. The van der Waals surface area contributed by atoms with Gasteiger partial charge in [-0.2, -0.15) is 0 Å². The van der Waals surface area contributed by atoms with Gasteiger partial charge in [-0.15, -0.1) is 0 Å². The van der Waals surface area contributed by atoms with Crippen LogP contribution >= 0.6 is 0 Å². The normalized spacial score (nSPS) is 19.6. The van der Waals surface area contributed by atoms with Gasteiger partial charge in [0.05, 0.1) is 0 Å². The summed E-state index contributed by atoms with van der Waals surface area (Å²) >= 11 is 0. The highest BCUT2D eigenvalue weighted by atomic mass is 14.9. The van der Waals surface area contributed by atoms with Gasteiger partial charge in [0.1, 0.15) is 0 Å². The Kier molecular flexibility index (Phi) is 2.49. The third-order valence-corrected chi connectivity index (χ3v) is 3.27. The van der Waals surface area contributed by atoms with Gasteiger partial charge >= 0.3 is 0 Å². The minimum atomic E-state index is 0.705. The summed E-state index contributed by atoms with van der Waals surface area (Å²) in [7, 11) is 0. The largest absolute Gasteiger partial charge is 0.384 e. The van der Waals surface area contributed by atoms with Gasteiger partial charge in [-0.1, -0.05) is 39.0 Å². The molecule has 0 amide bonds. The molecular weight excluding hydrogens is 170 g/mol. The Balaban J connectivity index is 2.41. The van der Waals surface area contributed by atoms with E-state index in [0.29, 0.717) is 5.92 Å². The lowest BCUT2D eigenvalue weighted by Crippen LogP contribution is -2.08. The molecule has 1 N–H and O–H groups in total. The van der Waals surface area contributed by atoms with E-state index in [1.165, 1.54) is 16.8 Å². The molecular formula is C13H19N. The van der Waals surface area contributed by atoms with Gasteiger partial charge in [-0.05, 0) is 23.5 Å². The molecule has 1 nitrogen and oxygen atoms in total. The highest BCUT2D eigenvalue weighted by Crippen LogP contribution is 2.38. The van der Waals surface area contributed by atoms with Crippen LogP contribution in [0.25, 0.3) is 0 Å². The number of hydrogen-bond donors (Lipinski definition) is 1. The van der Waals surface area contributed by atoms with E-state index in [1.807, 2.05) is 0 Å². The van der Waals surface area contributed by atoms with Crippen LogP contribution in [-0.4, -0.2) is 6.54 Å². The summed E-state index contributed by atoms with van der Waals surface area (Å²) in [6.07, 6.45) is 1.13. The van der Waals surface area contributed by atoms with E-state index in [9.17, 15) is 0 Å². The number of anilines is 1. The van der Waals surface area contributed by atoms with Gasteiger partial charge in [0, 0.05) is 18.2 Å². The van der Waals surface area contributed by atoms with Gasteiger partial charge in [0.2, 0.25) is 0 Å². The Hall–Kier alpha value is -0.980. The fraction of sp³-hybridized carbons (Fsp3) is 0.538. The molecule has 1 aliphatic rings. The van der Waals surface area contributed by atoms with Gasteiger partial charge in [0.15, 0.2) is 0 Å². The van der Waals surface area contributed by atoms with Crippen molar-refractivity contribution in [3.63, 3.8) is 0 Å². The minimum absolute atomic E-state index is 0.705. The molecule has 0 saturated carbocycles. The molecule has 0 fully saturated rings. The van der Waals surface area contributed by atoms with Crippen molar-refractivity contribution in [2.75, 3.05) is 11.9 Å². The van der Waals surface area contributed by atoms with E-state index in [1.54, 1.807) is 0 Å². The van der Waals surface area contributed by atoms with Crippen LogP contribution in [0.15, 0.2) is 18.2 Å². The van der Waals surface area contributed by atoms with Crippen molar-refractivity contribution in [3.05, 3.63) is 29.3 Å². The van der Waals surface area contributed by atoms with Crippen LogP contribution in [0.5, 0.6) is 0 Å². The lowest BCUT2D eigenvalue weighted by Gasteiger charge is -2.14. The summed E-state index contributed by atoms with van der Waals surface area (Å²) in [5, 5.41) is 3.55. The summed E-state index contributed by atoms with van der Waals surface area (Å²) < 4.78 is 0. The highest BCUT2D eigenvalue weighted by Gasteiger charge is 2.25. The fourth-order valence-electron chi connectivity index (χ4n) is 2.36. The predicted octanol–water partition coefficient (Wildman–Crippen LogP) is 3.41. The topological polar surface area (TPSA) is 12.0 Å². The maximum absolute atomic E-state index is 3.55. The Morgan fingerprint density at radius 1 is 1.43 bits per heavy atom. The number of nitrogens with one attached hydrogen (secondary N) is 1. The van der Waals surface area contributed by atoms with Gasteiger partial charge in [-0.25, -0.2) is 0 Å². The van der Waals surface area contributed by atoms with Crippen molar-refractivity contribution in [3.8, 4) is 0 Å². The van der Waals surface area contributed by atoms with E-state index < -0.39 is 0 Å². The Morgan fingerprint density at radius 3 is 2.86 bits per heavy atom. The molecule has 2 rings (SSSR count). The highest BCUT2D eigenvalue weighted by molar-refractivity contribution is 5.63. The number of para-hydroxylation sites is 1. The number of fused-ring (bicyclic) bond motifs is 1. The summed E-state index contributed by atoms with van der Waals surface area (Å²) in [5.41, 5.74) is 4.40. The average Bonchev–Trinajstić information content (AvgIpc) is 2.60. The predicted molar refractivity (Wildman–Crippen MR) is 61.9 cm³/mol. The lowest BCUT2D eigenvalue weighted by molar-refractivity contribution is 0.533. The van der Waals surface area contributed by atoms with Gasteiger partial charge < -0.3 is 5.32 Å². The van der Waals surface area contributed by atoms with Crippen molar-refractivity contribution in [1.29, 1.82) is 0 Å². The summed E-state index contributed by atoms with van der Waals surface area (Å²) in [6, 6.07) is 6.70. The standard InChI is InChI=1S/C13H19N/c1-4-10-6-5-7-11-12(9(2)3)8-14-13(10)11/h5-7,9,12,14H,4,8H2,1-3H3. The molecule has 1 unspecified atom stereocenters. The Bertz CT molecular complexity index is 328. The van der Waals surface area contributed by atoms with E-state index in [0.717, 1.165) is 18.9 Å². The summed E-state index contributed by atoms with van der Waals surface area (Å²) in [5.74, 6) is 1.44. The van der Waals surface area contributed by atoms with Crippen molar-refractivity contribution in [1.82, 2.24) is 0 Å². The summed E-state index contributed by atoms with van der Waals surface area (Å²) in [4.78, 5) is 0. The second kappa shape index (κ2) is 3.64. The van der Waals surface area contributed by atoms with Crippen molar-refractivity contribution >= 4 is 5.69 Å². The smallest absolute Gasteiger partial charge is 0.0409 e. The first kappa shape index (κ1) is 9.57. The molecule has 0 bridgehead atoms. The Labute approximate surface area is 86.5 Å². The molecule has 0 saturated heterocycles. The van der Waals surface area contributed by atoms with Crippen LogP contribution in [0, 0.1) is 5.92 Å². The fourth-order valence-corrected chi connectivity index (χ4v) is 2.36. The van der Waals surface area contributed by atoms with Crippen molar-refractivity contribution < 1.29 is 0 Å². The van der Waals surface area contributed by atoms with Crippen LogP contribution < -0.4 is 5.32 Å². The van der Waals surface area contributed by atoms with E-state index in [2.05, 4.69) is 44.3 Å². The van der Waals surface area contributed by atoms with E-state index in [-0.39, 0.29) is 0 Å². The zero-order chi connectivity index (χ0) is 10.1. The maximum atomic E-state index is 3.55. The van der Waals surface area contributed by atoms with Crippen LogP contribution in [0.3, 0.4) is 0 Å². The molecule has 1 aromatic carbocycles. The lowest BCUT2D eigenvalue weighted by atomic mass is 9.89. The zero-order valence-corrected chi connectivity index (χ0v) is 9.30. The molecule has 1 heterocycles. The second-order valence-electron chi connectivity index (χ2n) is 4.47. The third-order valence-electron chi connectivity index (χ3n) is 3.27. The average molecular weight is 189 g/mol. The molecule has 1 heteroatoms. The minimum Gasteiger partial charge on any atom is -0.384 e. The quantitative estimate of drug-likeness (QED) is 0.751. The molecule has 1 aromatic rings. The first-order chi connectivity index (χ1) is 6.74. The monoisotopic (exact) mass is 189 g/mol. The molecule has 1 aliphatic heterocycles. The first-order valence-corrected chi connectivity index (χ1v) is 5.59. The van der Waals surface area contributed by atoms with Crippen molar-refractivity contribution in [2.45, 2.75) is 33.1 Å². The number of rotatable bonds is 2. The molecule has 0 radical (unpaired) electrons. The number of benzene rings is 1. The van der Waals surface area contributed by atoms with Gasteiger partial charge in [0.25, 0.3) is 0 Å². The molecule has 14 heavy (non-hydrogen) atoms. The third kappa shape index (κ3) is 1.41. The van der Waals surface area contributed by atoms with Crippen LogP contribution in [0.4, 0.5) is 5.69 Å². The molecule has 1 atom stereocenters. The molecule has 76 valence electrons. The molecule has 0 aliphatic carbocycles. The molecule has 0 aromatic heterocycles. The SMILES string of the molecule is CCc1cccc2c1NCC2C(C)C. The molecule has 0 spiro atoms. The Morgan fingerprint density at radius 2 is 2.21 bits per heavy atom. The van der Waals surface area contributed by atoms with E-state index >= 15 is 0 Å². The second-order valence-corrected chi connectivity index (χ2v) is 4.47. The van der Waals surface area contributed by atoms with Crippen LogP contribution in [-0.2, 0) is 6.42 Å². The van der Waals surface area contributed by atoms with Crippen molar-refractivity contribution in [2.24, 2.45) is 5.92 Å². The van der Waals surface area contributed by atoms with Crippen LogP contribution in [0.1, 0.15) is 37.8 Å². The zero-order valence-electron chi connectivity index (χ0n) is 9.30. The van der Waals surface area contributed by atoms with Crippen LogP contribution in [0.2, 0.25) is 0 Å².